The lowest BCUT2D eigenvalue weighted by atomic mass is 10.2. The Hall–Kier alpha value is -3.40. The first-order valence-electron chi connectivity index (χ1n) is 8.84. The van der Waals surface area contributed by atoms with Crippen LogP contribution in [0.2, 0.25) is 0 Å². The highest BCUT2D eigenvalue weighted by Gasteiger charge is 2.24. The number of hydrogen-bond donors (Lipinski definition) is 2. The van der Waals surface area contributed by atoms with Crippen molar-refractivity contribution in [1.82, 2.24) is 24.5 Å². The first kappa shape index (κ1) is 18.0. The summed E-state index contributed by atoms with van der Waals surface area (Å²) in [6.45, 7) is 1.82. The van der Waals surface area contributed by atoms with Gasteiger partial charge in [-0.25, -0.2) is 4.52 Å². The number of amides is 1. The summed E-state index contributed by atoms with van der Waals surface area (Å²) in [5, 5.41) is 6.91. The van der Waals surface area contributed by atoms with Gasteiger partial charge in [0.05, 0.1) is 13.3 Å². The number of carbonyl (C=O) groups is 1. The van der Waals surface area contributed by atoms with Gasteiger partial charge in [-0.2, -0.15) is 4.98 Å². The number of likely N-dealkylation sites (N-methyl/N-ethyl adjacent to an activating group) is 1. The minimum absolute atomic E-state index is 0.0668. The summed E-state index contributed by atoms with van der Waals surface area (Å²) in [5.41, 5.74) is 6.90. The van der Waals surface area contributed by atoms with Gasteiger partial charge in [0.25, 0.3) is 5.91 Å². The smallest absolute Gasteiger partial charge is 0.263 e. The molecular weight excluding hydrogens is 362 g/mol. The molecule has 1 atom stereocenters. The lowest BCUT2D eigenvalue weighted by Gasteiger charge is -2.13. The van der Waals surface area contributed by atoms with Gasteiger partial charge in [-0.3, -0.25) is 9.78 Å². The van der Waals surface area contributed by atoms with Crippen LogP contribution in [-0.2, 0) is 0 Å². The SMILES string of the molecule is COc1ccncc1NC(=O)c1c(N)nn2ccc(OC3CCN(C)C3)nc12. The van der Waals surface area contributed by atoms with Crippen molar-refractivity contribution >= 4 is 23.1 Å². The van der Waals surface area contributed by atoms with E-state index in [2.05, 4.69) is 25.3 Å². The Morgan fingerprint density at radius 1 is 1.39 bits per heavy atom. The number of nitrogens with two attached hydrogens (primary N) is 1. The maximum Gasteiger partial charge on any atom is 0.263 e. The summed E-state index contributed by atoms with van der Waals surface area (Å²) in [4.78, 5) is 23.5. The van der Waals surface area contributed by atoms with Crippen molar-refractivity contribution in [3.8, 4) is 11.6 Å². The topological polar surface area (TPSA) is 120 Å². The number of rotatable bonds is 5. The average Bonchev–Trinajstić information content (AvgIpc) is 3.23. The van der Waals surface area contributed by atoms with Crippen LogP contribution in [0.5, 0.6) is 11.6 Å². The number of nitrogen functional groups attached to an aromatic ring is 1. The monoisotopic (exact) mass is 383 g/mol. The predicted molar refractivity (Wildman–Crippen MR) is 103 cm³/mol. The molecule has 3 N–H and O–H groups in total. The molecule has 1 fully saturated rings. The van der Waals surface area contributed by atoms with Crippen LogP contribution in [0.4, 0.5) is 11.5 Å². The maximum absolute atomic E-state index is 12.9. The number of anilines is 2. The molecular formula is C18H21N7O3. The number of ether oxygens (including phenoxy) is 2. The van der Waals surface area contributed by atoms with E-state index in [0.29, 0.717) is 23.0 Å². The molecule has 1 aliphatic rings. The van der Waals surface area contributed by atoms with Crippen LogP contribution in [-0.4, -0.2) is 63.7 Å². The molecule has 10 nitrogen and oxygen atoms in total. The molecule has 0 aliphatic carbocycles. The van der Waals surface area contributed by atoms with Crippen molar-refractivity contribution < 1.29 is 14.3 Å². The molecule has 1 saturated heterocycles. The fourth-order valence-corrected chi connectivity index (χ4v) is 3.21. The van der Waals surface area contributed by atoms with Crippen LogP contribution in [0.1, 0.15) is 16.8 Å². The summed E-state index contributed by atoms with van der Waals surface area (Å²) in [6.07, 6.45) is 5.74. The Morgan fingerprint density at radius 2 is 2.25 bits per heavy atom. The molecule has 0 radical (unpaired) electrons. The van der Waals surface area contributed by atoms with E-state index in [1.54, 1.807) is 24.5 Å². The molecule has 28 heavy (non-hydrogen) atoms. The third-order valence-corrected chi connectivity index (χ3v) is 4.60. The molecule has 4 rings (SSSR count). The lowest BCUT2D eigenvalue weighted by molar-refractivity contribution is 0.102. The third-order valence-electron chi connectivity index (χ3n) is 4.60. The molecule has 1 amide bonds. The first-order valence-corrected chi connectivity index (χ1v) is 8.84. The molecule has 3 aromatic rings. The molecule has 0 bridgehead atoms. The standard InChI is InChI=1S/C18H21N7O3/c1-24-7-4-11(10-24)28-14-5-8-25-17(22-14)15(16(19)23-25)18(26)21-12-9-20-6-3-13(12)27-2/h3,5-6,8-9,11H,4,7,10H2,1-2H3,(H2,19,23)(H,21,26). The van der Waals surface area contributed by atoms with Gasteiger partial charge in [0, 0.05) is 37.6 Å². The molecule has 0 aromatic carbocycles. The predicted octanol–water partition coefficient (Wildman–Crippen LogP) is 1.05. The second-order valence-corrected chi connectivity index (χ2v) is 6.62. The normalized spacial score (nSPS) is 17.0. The molecule has 1 unspecified atom stereocenters. The van der Waals surface area contributed by atoms with Crippen LogP contribution >= 0.6 is 0 Å². The second kappa shape index (κ2) is 7.31. The zero-order valence-corrected chi connectivity index (χ0v) is 15.6. The number of pyridine rings is 1. The van der Waals surface area contributed by atoms with Crippen molar-refractivity contribution in [1.29, 1.82) is 0 Å². The maximum atomic E-state index is 12.9. The molecule has 3 aromatic heterocycles. The fourth-order valence-electron chi connectivity index (χ4n) is 3.21. The highest BCUT2D eigenvalue weighted by molar-refractivity contribution is 6.12. The van der Waals surface area contributed by atoms with Gasteiger partial charge in [0.1, 0.15) is 23.1 Å². The Balaban J connectivity index is 1.63. The summed E-state index contributed by atoms with van der Waals surface area (Å²) in [6, 6.07) is 3.36. The number of nitrogens with zero attached hydrogens (tertiary/aromatic N) is 5. The molecule has 146 valence electrons. The Morgan fingerprint density at radius 3 is 3.00 bits per heavy atom. The van der Waals surface area contributed by atoms with Crippen molar-refractivity contribution in [3.63, 3.8) is 0 Å². The minimum Gasteiger partial charge on any atom is -0.494 e. The van der Waals surface area contributed by atoms with Crippen molar-refractivity contribution in [2.45, 2.75) is 12.5 Å². The van der Waals surface area contributed by atoms with E-state index in [1.165, 1.54) is 17.8 Å². The molecule has 1 aliphatic heterocycles. The van der Waals surface area contributed by atoms with Gasteiger partial charge in [-0.15, -0.1) is 5.10 Å². The van der Waals surface area contributed by atoms with Gasteiger partial charge >= 0.3 is 0 Å². The Bertz CT molecular complexity index is 1020. The zero-order valence-electron chi connectivity index (χ0n) is 15.6. The van der Waals surface area contributed by atoms with Crippen LogP contribution in [0, 0.1) is 0 Å². The lowest BCUT2D eigenvalue weighted by Crippen LogP contribution is -2.22. The number of aromatic nitrogens is 4. The van der Waals surface area contributed by atoms with Gasteiger partial charge in [0.15, 0.2) is 11.5 Å². The summed E-state index contributed by atoms with van der Waals surface area (Å²) in [7, 11) is 3.56. The number of nitrogens with one attached hydrogen (secondary N) is 1. The summed E-state index contributed by atoms with van der Waals surface area (Å²) in [5.74, 6) is 0.538. The van der Waals surface area contributed by atoms with E-state index in [4.69, 9.17) is 15.2 Å². The number of carbonyl (C=O) groups excluding carboxylic acids is 1. The van der Waals surface area contributed by atoms with E-state index in [0.717, 1.165) is 19.5 Å². The van der Waals surface area contributed by atoms with Crippen LogP contribution in [0.3, 0.4) is 0 Å². The number of methoxy groups -OCH3 is 1. The summed E-state index contributed by atoms with van der Waals surface area (Å²) >= 11 is 0. The van der Waals surface area contributed by atoms with E-state index in [9.17, 15) is 4.79 Å². The number of fused-ring (bicyclic) bond motifs is 1. The van der Waals surface area contributed by atoms with Crippen LogP contribution in [0.25, 0.3) is 5.65 Å². The van der Waals surface area contributed by atoms with Crippen molar-refractivity contribution in [2.24, 2.45) is 0 Å². The van der Waals surface area contributed by atoms with Gasteiger partial charge in [-0.1, -0.05) is 0 Å². The van der Waals surface area contributed by atoms with Crippen LogP contribution in [0.15, 0.2) is 30.7 Å². The molecule has 4 heterocycles. The van der Waals surface area contributed by atoms with Gasteiger partial charge in [-0.05, 0) is 13.5 Å². The van der Waals surface area contributed by atoms with E-state index in [-0.39, 0.29) is 17.5 Å². The van der Waals surface area contributed by atoms with E-state index < -0.39 is 5.91 Å². The van der Waals surface area contributed by atoms with Gasteiger partial charge in [0.2, 0.25) is 5.88 Å². The quantitative estimate of drug-likeness (QED) is 0.671. The van der Waals surface area contributed by atoms with Crippen molar-refractivity contribution in [2.75, 3.05) is 38.3 Å². The van der Waals surface area contributed by atoms with Crippen LogP contribution < -0.4 is 20.5 Å². The summed E-state index contributed by atoms with van der Waals surface area (Å²) < 4.78 is 12.6. The highest BCUT2D eigenvalue weighted by atomic mass is 16.5. The molecule has 0 spiro atoms. The first-order chi connectivity index (χ1) is 13.5. The Kier molecular flexibility index (Phi) is 4.70. The third kappa shape index (κ3) is 3.41. The Labute approximate surface area is 161 Å². The van der Waals surface area contributed by atoms with E-state index in [1.807, 2.05) is 7.05 Å². The second-order valence-electron chi connectivity index (χ2n) is 6.62. The van der Waals surface area contributed by atoms with E-state index >= 15 is 0 Å². The average molecular weight is 383 g/mol. The zero-order chi connectivity index (χ0) is 19.7. The number of hydrogen-bond acceptors (Lipinski definition) is 8. The highest BCUT2D eigenvalue weighted by Crippen LogP contribution is 2.25. The molecule has 10 heteroatoms. The minimum atomic E-state index is -0.455. The number of likely N-dealkylation sites (tertiary alicyclic amines) is 1. The molecule has 0 saturated carbocycles. The van der Waals surface area contributed by atoms with Gasteiger partial charge < -0.3 is 25.4 Å². The van der Waals surface area contributed by atoms with Crippen molar-refractivity contribution in [3.05, 3.63) is 36.3 Å². The largest absolute Gasteiger partial charge is 0.494 e. The fraction of sp³-hybridized carbons (Fsp3) is 0.333.